The van der Waals surface area contributed by atoms with Gasteiger partial charge in [-0.2, -0.15) is 0 Å². The minimum atomic E-state index is -0.601. The number of hydrogen-bond donors (Lipinski definition) is 1. The van der Waals surface area contributed by atoms with E-state index in [1.165, 1.54) is 0 Å². The Morgan fingerprint density at radius 1 is 1.31 bits per heavy atom. The standard InChI is InChI=1S/C8H14O5/c1-10-7-6-5(9)4(3-12-6)13-8(7)11-2/h4-9H,3H2,1-2H3/t4-,5+,6+,7-,8+/m1/s1. The fraction of sp³-hybridized carbons (Fsp3) is 1.00. The number of fused-ring (bicyclic) bond motifs is 2. The van der Waals surface area contributed by atoms with Crippen LogP contribution in [0, 0.1) is 0 Å². The first-order valence-corrected chi connectivity index (χ1v) is 4.28. The number of hydrogen-bond acceptors (Lipinski definition) is 5. The van der Waals surface area contributed by atoms with Crippen LogP contribution in [-0.2, 0) is 18.9 Å². The summed E-state index contributed by atoms with van der Waals surface area (Å²) in [6, 6.07) is 0. The van der Waals surface area contributed by atoms with Gasteiger partial charge in [0.2, 0.25) is 0 Å². The lowest BCUT2D eigenvalue weighted by molar-refractivity contribution is -0.259. The van der Waals surface area contributed by atoms with E-state index in [4.69, 9.17) is 18.9 Å². The molecule has 2 fully saturated rings. The van der Waals surface area contributed by atoms with E-state index in [9.17, 15) is 5.11 Å². The van der Waals surface area contributed by atoms with Crippen LogP contribution < -0.4 is 0 Å². The summed E-state index contributed by atoms with van der Waals surface area (Å²) in [7, 11) is 3.10. The van der Waals surface area contributed by atoms with Crippen molar-refractivity contribution in [1.29, 1.82) is 0 Å². The second-order valence-corrected chi connectivity index (χ2v) is 3.27. The van der Waals surface area contributed by atoms with Crippen LogP contribution in [0.3, 0.4) is 0 Å². The molecule has 0 radical (unpaired) electrons. The van der Waals surface area contributed by atoms with Crippen LogP contribution in [0.15, 0.2) is 0 Å². The number of aliphatic hydroxyl groups excluding tert-OH is 1. The minimum absolute atomic E-state index is 0.277. The molecule has 1 N–H and O–H groups in total. The molecule has 0 unspecified atom stereocenters. The van der Waals surface area contributed by atoms with Gasteiger partial charge in [0.1, 0.15) is 24.4 Å². The molecule has 13 heavy (non-hydrogen) atoms. The van der Waals surface area contributed by atoms with Gasteiger partial charge in [0.05, 0.1) is 6.61 Å². The van der Waals surface area contributed by atoms with Crippen molar-refractivity contribution in [1.82, 2.24) is 0 Å². The van der Waals surface area contributed by atoms with E-state index in [2.05, 4.69) is 0 Å². The second kappa shape index (κ2) is 3.51. The zero-order valence-electron chi connectivity index (χ0n) is 7.67. The molecule has 0 aromatic heterocycles. The summed E-state index contributed by atoms with van der Waals surface area (Å²) in [5, 5.41) is 9.64. The van der Waals surface area contributed by atoms with Crippen molar-refractivity contribution in [3.8, 4) is 0 Å². The molecule has 2 saturated heterocycles. The normalized spacial score (nSPS) is 49.6. The molecule has 5 atom stereocenters. The summed E-state index contributed by atoms with van der Waals surface area (Å²) < 4.78 is 21.0. The molecule has 2 aliphatic heterocycles. The van der Waals surface area contributed by atoms with Crippen molar-refractivity contribution in [3.63, 3.8) is 0 Å². The van der Waals surface area contributed by atoms with E-state index >= 15 is 0 Å². The molecule has 2 rings (SSSR count). The lowest BCUT2D eigenvalue weighted by Gasteiger charge is -2.36. The Balaban J connectivity index is 2.13. The van der Waals surface area contributed by atoms with Gasteiger partial charge >= 0.3 is 0 Å². The van der Waals surface area contributed by atoms with Crippen LogP contribution >= 0.6 is 0 Å². The maximum atomic E-state index is 9.64. The molecule has 0 aliphatic carbocycles. The molecular weight excluding hydrogens is 176 g/mol. The van der Waals surface area contributed by atoms with Crippen molar-refractivity contribution in [2.45, 2.75) is 30.7 Å². The highest BCUT2D eigenvalue weighted by Crippen LogP contribution is 2.31. The highest BCUT2D eigenvalue weighted by Gasteiger charge is 2.51. The zero-order valence-corrected chi connectivity index (χ0v) is 7.67. The van der Waals surface area contributed by atoms with Crippen LogP contribution in [0.25, 0.3) is 0 Å². The average molecular weight is 190 g/mol. The molecule has 2 bridgehead atoms. The molecule has 0 amide bonds. The number of ether oxygens (including phenoxy) is 4. The van der Waals surface area contributed by atoms with Crippen molar-refractivity contribution in [2.24, 2.45) is 0 Å². The Hall–Kier alpha value is -0.200. The minimum Gasteiger partial charge on any atom is -0.387 e. The molecule has 0 aromatic carbocycles. The van der Waals surface area contributed by atoms with E-state index in [-0.39, 0.29) is 18.3 Å². The van der Waals surface area contributed by atoms with Crippen molar-refractivity contribution >= 4 is 0 Å². The fourth-order valence-electron chi connectivity index (χ4n) is 1.86. The van der Waals surface area contributed by atoms with E-state index < -0.39 is 12.4 Å². The lowest BCUT2D eigenvalue weighted by atomic mass is 10.0. The summed E-state index contributed by atoms with van der Waals surface area (Å²) in [6.07, 6.45) is -1.99. The van der Waals surface area contributed by atoms with Gasteiger partial charge < -0.3 is 24.1 Å². The highest BCUT2D eigenvalue weighted by molar-refractivity contribution is 4.95. The zero-order chi connectivity index (χ0) is 9.42. The van der Waals surface area contributed by atoms with Gasteiger partial charge in [-0.15, -0.1) is 0 Å². The monoisotopic (exact) mass is 190 g/mol. The molecule has 76 valence electrons. The van der Waals surface area contributed by atoms with Crippen LogP contribution in [-0.4, -0.2) is 56.6 Å². The van der Waals surface area contributed by atoms with Crippen LogP contribution in [0.4, 0.5) is 0 Å². The Kier molecular flexibility index (Phi) is 2.53. The summed E-state index contributed by atoms with van der Waals surface area (Å²) in [5.74, 6) is 0. The van der Waals surface area contributed by atoms with Gasteiger partial charge in [-0.25, -0.2) is 0 Å². The molecule has 5 nitrogen and oxygen atoms in total. The third kappa shape index (κ3) is 1.37. The highest BCUT2D eigenvalue weighted by atomic mass is 16.7. The van der Waals surface area contributed by atoms with E-state index in [1.54, 1.807) is 14.2 Å². The van der Waals surface area contributed by atoms with Crippen LogP contribution in [0.2, 0.25) is 0 Å². The van der Waals surface area contributed by atoms with E-state index in [0.717, 1.165) is 0 Å². The molecule has 0 saturated carbocycles. The summed E-state index contributed by atoms with van der Waals surface area (Å²) in [5.41, 5.74) is 0. The maximum Gasteiger partial charge on any atom is 0.186 e. The molecule has 0 aromatic rings. The van der Waals surface area contributed by atoms with Crippen molar-refractivity contribution in [2.75, 3.05) is 20.8 Å². The smallest absolute Gasteiger partial charge is 0.186 e. The number of aliphatic hydroxyl groups is 1. The third-order valence-electron chi connectivity index (χ3n) is 2.58. The van der Waals surface area contributed by atoms with Gasteiger partial charge in [0.25, 0.3) is 0 Å². The Morgan fingerprint density at radius 2 is 2.08 bits per heavy atom. The first-order valence-electron chi connectivity index (χ1n) is 4.28. The maximum absolute atomic E-state index is 9.64. The van der Waals surface area contributed by atoms with Gasteiger partial charge in [-0.1, -0.05) is 0 Å². The molecule has 2 aliphatic rings. The molecule has 0 spiro atoms. The topological polar surface area (TPSA) is 57.2 Å². The van der Waals surface area contributed by atoms with Gasteiger partial charge in [-0.05, 0) is 0 Å². The van der Waals surface area contributed by atoms with Gasteiger partial charge in [-0.3, -0.25) is 0 Å². The quantitative estimate of drug-likeness (QED) is 0.613. The Labute approximate surface area is 76.5 Å². The van der Waals surface area contributed by atoms with Gasteiger partial charge in [0.15, 0.2) is 6.29 Å². The average Bonchev–Trinajstić information content (AvgIpc) is 2.40. The predicted molar refractivity (Wildman–Crippen MR) is 42.2 cm³/mol. The first kappa shape index (κ1) is 9.36. The first-order chi connectivity index (χ1) is 6.27. The molecule has 2 heterocycles. The van der Waals surface area contributed by atoms with Crippen molar-refractivity contribution < 1.29 is 24.1 Å². The summed E-state index contributed by atoms with van der Waals surface area (Å²) >= 11 is 0. The fourth-order valence-corrected chi connectivity index (χ4v) is 1.86. The number of methoxy groups -OCH3 is 2. The third-order valence-corrected chi connectivity index (χ3v) is 2.58. The Bertz CT molecular complexity index is 185. The predicted octanol–water partition coefficient (Wildman–Crippen LogP) is -0.868. The molecule has 5 heteroatoms. The summed E-state index contributed by atoms with van der Waals surface area (Å²) in [6.45, 7) is 0.408. The SMILES string of the molecule is CO[C@H]1O[C@@H]2CO[C@@H]([C@H]2O)[C@H]1OC. The number of rotatable bonds is 2. The van der Waals surface area contributed by atoms with E-state index in [1.807, 2.05) is 0 Å². The van der Waals surface area contributed by atoms with Gasteiger partial charge in [0, 0.05) is 14.2 Å². The van der Waals surface area contributed by atoms with Crippen LogP contribution in [0.1, 0.15) is 0 Å². The lowest BCUT2D eigenvalue weighted by Crippen LogP contribution is -2.54. The second-order valence-electron chi connectivity index (χ2n) is 3.27. The Morgan fingerprint density at radius 3 is 2.69 bits per heavy atom. The largest absolute Gasteiger partial charge is 0.387 e. The van der Waals surface area contributed by atoms with Crippen LogP contribution in [0.5, 0.6) is 0 Å². The summed E-state index contributed by atoms with van der Waals surface area (Å²) in [4.78, 5) is 0. The molecular formula is C8H14O5. The van der Waals surface area contributed by atoms with Crippen molar-refractivity contribution in [3.05, 3.63) is 0 Å². The van der Waals surface area contributed by atoms with E-state index in [0.29, 0.717) is 6.61 Å².